The van der Waals surface area contributed by atoms with Gasteiger partial charge in [0.2, 0.25) is 0 Å². The van der Waals surface area contributed by atoms with Gasteiger partial charge in [0, 0.05) is 6.20 Å². The Kier molecular flexibility index (Phi) is 4.47. The van der Waals surface area contributed by atoms with Gasteiger partial charge in [-0.3, -0.25) is 4.72 Å². The Hall–Kier alpha value is -2.00. The van der Waals surface area contributed by atoms with Crippen molar-refractivity contribution in [2.75, 3.05) is 4.72 Å². The smallest absolute Gasteiger partial charge is 0.404 e. The number of rotatable bonds is 4. The zero-order chi connectivity index (χ0) is 16.4. The van der Waals surface area contributed by atoms with Gasteiger partial charge < -0.3 is 4.74 Å². The Bertz CT molecular complexity index is 781. The van der Waals surface area contributed by atoms with Gasteiger partial charge in [-0.15, -0.1) is 13.2 Å². The molecule has 0 aliphatic rings. The van der Waals surface area contributed by atoms with Gasteiger partial charge in [-0.25, -0.2) is 13.4 Å². The van der Waals surface area contributed by atoms with Gasteiger partial charge in [-0.05, 0) is 24.3 Å². The van der Waals surface area contributed by atoms with Crippen LogP contribution in [0.3, 0.4) is 0 Å². The summed E-state index contributed by atoms with van der Waals surface area (Å²) in [6.07, 6.45) is -3.68. The van der Waals surface area contributed by atoms with Gasteiger partial charge in [0.1, 0.15) is 10.6 Å². The summed E-state index contributed by atoms with van der Waals surface area (Å²) in [5, 5.41) is -0.139. The van der Waals surface area contributed by atoms with Crippen LogP contribution < -0.4 is 9.46 Å². The Balaban J connectivity index is 2.40. The van der Waals surface area contributed by atoms with Crippen molar-refractivity contribution in [1.29, 1.82) is 0 Å². The van der Waals surface area contributed by atoms with E-state index in [9.17, 15) is 21.6 Å². The number of anilines is 1. The Morgan fingerprint density at radius 3 is 2.45 bits per heavy atom. The highest BCUT2D eigenvalue weighted by atomic mass is 35.5. The maximum atomic E-state index is 12.3. The minimum atomic E-state index is -5.02. The molecule has 0 atom stereocenters. The van der Waals surface area contributed by atoms with Crippen LogP contribution in [-0.4, -0.2) is 19.8 Å². The Labute approximate surface area is 128 Å². The summed E-state index contributed by atoms with van der Waals surface area (Å²) >= 11 is 5.71. The zero-order valence-corrected chi connectivity index (χ0v) is 12.2. The molecule has 0 aliphatic heterocycles. The molecule has 1 aromatic carbocycles. The average Bonchev–Trinajstić information content (AvgIpc) is 2.40. The second kappa shape index (κ2) is 6.01. The van der Waals surface area contributed by atoms with Gasteiger partial charge in [0.15, 0.2) is 5.15 Å². The molecule has 0 spiro atoms. The fourth-order valence-electron chi connectivity index (χ4n) is 1.54. The number of aromatic nitrogens is 1. The van der Waals surface area contributed by atoms with Crippen LogP contribution in [0.2, 0.25) is 5.15 Å². The molecule has 1 N–H and O–H groups in total. The number of ether oxygens (including phenoxy) is 1. The number of pyridine rings is 1. The predicted octanol–water partition coefficient (Wildman–Crippen LogP) is 3.43. The lowest BCUT2D eigenvalue weighted by atomic mass is 10.3. The van der Waals surface area contributed by atoms with Gasteiger partial charge >= 0.3 is 6.36 Å². The second-order valence-electron chi connectivity index (χ2n) is 3.94. The summed E-state index contributed by atoms with van der Waals surface area (Å²) in [5.74, 6) is -0.845. The van der Waals surface area contributed by atoms with E-state index in [0.717, 1.165) is 12.1 Å². The molecule has 0 saturated heterocycles. The molecule has 118 valence electrons. The van der Waals surface area contributed by atoms with Gasteiger partial charge in [0.05, 0.1) is 5.69 Å². The Morgan fingerprint density at radius 1 is 1.14 bits per heavy atom. The first-order valence-electron chi connectivity index (χ1n) is 5.67. The molecule has 0 fully saturated rings. The molecule has 2 aromatic rings. The van der Waals surface area contributed by atoms with Gasteiger partial charge in [0.25, 0.3) is 10.0 Å². The predicted molar refractivity (Wildman–Crippen MR) is 73.2 cm³/mol. The van der Waals surface area contributed by atoms with E-state index in [1.165, 1.54) is 30.5 Å². The van der Waals surface area contributed by atoms with Gasteiger partial charge in [-0.2, -0.15) is 0 Å². The van der Waals surface area contributed by atoms with Crippen LogP contribution in [0.15, 0.2) is 47.5 Å². The van der Waals surface area contributed by atoms with Crippen molar-refractivity contribution in [3.05, 3.63) is 47.7 Å². The zero-order valence-electron chi connectivity index (χ0n) is 10.6. The van der Waals surface area contributed by atoms with Crippen molar-refractivity contribution in [2.45, 2.75) is 11.3 Å². The van der Waals surface area contributed by atoms with Crippen molar-refractivity contribution >= 4 is 27.3 Å². The van der Waals surface area contributed by atoms with Crippen LogP contribution in [0.25, 0.3) is 0 Å². The van der Waals surface area contributed by atoms with Crippen LogP contribution in [0.5, 0.6) is 5.75 Å². The third-order valence-electron chi connectivity index (χ3n) is 2.37. The summed E-state index contributed by atoms with van der Waals surface area (Å²) in [6, 6.07) is 7.10. The van der Waals surface area contributed by atoms with Crippen molar-refractivity contribution in [2.24, 2.45) is 0 Å². The van der Waals surface area contributed by atoms with Crippen LogP contribution in [0.4, 0.5) is 18.9 Å². The maximum absolute atomic E-state index is 12.3. The van der Waals surface area contributed by atoms with E-state index in [1.807, 2.05) is 0 Å². The molecule has 22 heavy (non-hydrogen) atoms. The van der Waals surface area contributed by atoms with Crippen molar-refractivity contribution in [3.8, 4) is 5.75 Å². The van der Waals surface area contributed by atoms with E-state index < -0.39 is 27.0 Å². The van der Waals surface area contributed by atoms with E-state index in [1.54, 1.807) is 0 Å². The number of alkyl halides is 3. The SMILES string of the molecule is O=S(=O)(Nc1cccnc1Cl)c1ccccc1OC(F)(F)F. The van der Waals surface area contributed by atoms with Crippen molar-refractivity contribution in [3.63, 3.8) is 0 Å². The van der Waals surface area contributed by atoms with E-state index >= 15 is 0 Å². The third kappa shape index (κ3) is 4.01. The number of halogens is 4. The monoisotopic (exact) mass is 352 g/mol. The lowest BCUT2D eigenvalue weighted by Gasteiger charge is -2.14. The molecule has 2 rings (SSSR count). The fourth-order valence-corrected chi connectivity index (χ4v) is 2.96. The number of benzene rings is 1. The van der Waals surface area contributed by atoms with E-state index in [4.69, 9.17) is 11.6 Å². The number of nitrogens with one attached hydrogen (secondary N) is 1. The van der Waals surface area contributed by atoms with E-state index in [-0.39, 0.29) is 10.8 Å². The number of sulfonamides is 1. The van der Waals surface area contributed by atoms with Crippen LogP contribution >= 0.6 is 11.6 Å². The van der Waals surface area contributed by atoms with Crippen LogP contribution in [-0.2, 0) is 10.0 Å². The minimum Gasteiger partial charge on any atom is -0.404 e. The molecule has 0 bridgehead atoms. The molecule has 10 heteroatoms. The summed E-state index contributed by atoms with van der Waals surface area (Å²) in [4.78, 5) is 2.99. The lowest BCUT2D eigenvalue weighted by Crippen LogP contribution is -2.21. The van der Waals surface area contributed by atoms with Crippen LogP contribution in [0.1, 0.15) is 0 Å². The normalized spacial score (nSPS) is 12.0. The fraction of sp³-hybridized carbons (Fsp3) is 0.0833. The molecule has 0 aliphatic carbocycles. The molecule has 5 nitrogen and oxygen atoms in total. The number of nitrogens with zero attached hydrogens (tertiary/aromatic N) is 1. The quantitative estimate of drug-likeness (QED) is 0.856. The first-order valence-corrected chi connectivity index (χ1v) is 7.53. The highest BCUT2D eigenvalue weighted by molar-refractivity contribution is 7.92. The van der Waals surface area contributed by atoms with E-state index in [2.05, 4.69) is 14.4 Å². The molecule has 0 radical (unpaired) electrons. The van der Waals surface area contributed by atoms with Crippen molar-refractivity contribution in [1.82, 2.24) is 4.98 Å². The highest BCUT2D eigenvalue weighted by Crippen LogP contribution is 2.31. The number of hydrogen-bond acceptors (Lipinski definition) is 4. The summed E-state index contributed by atoms with van der Waals surface area (Å²) in [7, 11) is -4.34. The summed E-state index contributed by atoms with van der Waals surface area (Å²) in [5.41, 5.74) is -0.0639. The first-order chi connectivity index (χ1) is 10.2. The minimum absolute atomic E-state index is 0.0639. The molecule has 1 aromatic heterocycles. The molecule has 0 unspecified atom stereocenters. The average molecular weight is 353 g/mol. The molecular formula is C12H8ClF3N2O3S. The highest BCUT2D eigenvalue weighted by Gasteiger charge is 2.34. The molecule has 1 heterocycles. The van der Waals surface area contributed by atoms with Crippen LogP contribution in [0, 0.1) is 0 Å². The third-order valence-corrected chi connectivity index (χ3v) is 4.07. The summed E-state index contributed by atoms with van der Waals surface area (Å²) in [6.45, 7) is 0. The number of para-hydroxylation sites is 1. The number of hydrogen-bond donors (Lipinski definition) is 1. The Morgan fingerprint density at radius 2 is 1.82 bits per heavy atom. The summed E-state index contributed by atoms with van der Waals surface area (Å²) < 4.78 is 67.2. The second-order valence-corrected chi connectivity index (χ2v) is 5.95. The maximum Gasteiger partial charge on any atom is 0.573 e. The molecular weight excluding hydrogens is 345 g/mol. The largest absolute Gasteiger partial charge is 0.573 e. The van der Waals surface area contributed by atoms with Crippen molar-refractivity contribution < 1.29 is 26.3 Å². The standard InChI is InChI=1S/C12H8ClF3N2O3S/c13-11-8(4-3-7-17-11)18-22(19,20)10-6-2-1-5-9(10)21-12(14,15)16/h1-7,18H. The topological polar surface area (TPSA) is 68.3 Å². The van der Waals surface area contributed by atoms with Gasteiger partial charge in [-0.1, -0.05) is 23.7 Å². The lowest BCUT2D eigenvalue weighted by molar-refractivity contribution is -0.275. The molecule has 0 amide bonds. The first kappa shape index (κ1) is 16.4. The van der Waals surface area contributed by atoms with E-state index in [0.29, 0.717) is 0 Å². The molecule has 0 saturated carbocycles.